The standard InChI is InChI=1S/C15H24N2/c1-11-9-12(2)14(17-10-11)15(16-3)13-7-5-4-6-8-13/h9-10,13,15-16H,4-8H2,1-3H3. The van der Waals surface area contributed by atoms with Gasteiger partial charge >= 0.3 is 0 Å². The zero-order chi connectivity index (χ0) is 12.3. The van der Waals surface area contributed by atoms with Crippen molar-refractivity contribution in [2.45, 2.75) is 52.0 Å². The highest BCUT2D eigenvalue weighted by atomic mass is 14.9. The van der Waals surface area contributed by atoms with Crippen molar-refractivity contribution in [3.63, 3.8) is 0 Å². The average molecular weight is 232 g/mol. The molecular weight excluding hydrogens is 208 g/mol. The van der Waals surface area contributed by atoms with Crippen molar-refractivity contribution in [3.8, 4) is 0 Å². The molecule has 2 rings (SSSR count). The minimum Gasteiger partial charge on any atom is -0.311 e. The van der Waals surface area contributed by atoms with Gasteiger partial charge in [-0.15, -0.1) is 0 Å². The lowest BCUT2D eigenvalue weighted by molar-refractivity contribution is 0.277. The Morgan fingerprint density at radius 1 is 1.24 bits per heavy atom. The first-order valence-corrected chi connectivity index (χ1v) is 6.83. The van der Waals surface area contributed by atoms with E-state index < -0.39 is 0 Å². The van der Waals surface area contributed by atoms with Crippen LogP contribution in [-0.2, 0) is 0 Å². The quantitative estimate of drug-likeness (QED) is 0.862. The number of rotatable bonds is 3. The van der Waals surface area contributed by atoms with Crippen molar-refractivity contribution in [1.82, 2.24) is 10.3 Å². The van der Waals surface area contributed by atoms with Crippen LogP contribution in [0.15, 0.2) is 12.3 Å². The van der Waals surface area contributed by atoms with E-state index in [4.69, 9.17) is 0 Å². The summed E-state index contributed by atoms with van der Waals surface area (Å²) in [5.74, 6) is 0.766. The van der Waals surface area contributed by atoms with E-state index in [2.05, 4.69) is 37.3 Å². The Bertz CT molecular complexity index is 367. The Morgan fingerprint density at radius 3 is 2.53 bits per heavy atom. The fraction of sp³-hybridized carbons (Fsp3) is 0.667. The summed E-state index contributed by atoms with van der Waals surface area (Å²) in [5, 5.41) is 3.49. The van der Waals surface area contributed by atoms with E-state index in [1.165, 1.54) is 48.9 Å². The van der Waals surface area contributed by atoms with Crippen molar-refractivity contribution in [1.29, 1.82) is 0 Å². The van der Waals surface area contributed by atoms with Gasteiger partial charge in [0.05, 0.1) is 11.7 Å². The summed E-state index contributed by atoms with van der Waals surface area (Å²) < 4.78 is 0. The number of aromatic nitrogens is 1. The molecule has 2 heteroatoms. The van der Waals surface area contributed by atoms with Crippen molar-refractivity contribution in [2.24, 2.45) is 5.92 Å². The van der Waals surface area contributed by atoms with Crippen LogP contribution in [0.5, 0.6) is 0 Å². The van der Waals surface area contributed by atoms with Gasteiger partial charge in [-0.1, -0.05) is 25.3 Å². The zero-order valence-electron chi connectivity index (χ0n) is 11.3. The third-order valence-corrected chi connectivity index (χ3v) is 3.98. The van der Waals surface area contributed by atoms with Crippen LogP contribution < -0.4 is 5.32 Å². The molecule has 0 radical (unpaired) electrons. The van der Waals surface area contributed by atoms with Crippen LogP contribution in [0.3, 0.4) is 0 Å². The molecular formula is C15H24N2. The molecule has 17 heavy (non-hydrogen) atoms. The first kappa shape index (κ1) is 12.6. The fourth-order valence-corrected chi connectivity index (χ4v) is 3.11. The summed E-state index contributed by atoms with van der Waals surface area (Å²) >= 11 is 0. The first-order chi connectivity index (χ1) is 8.22. The predicted octanol–water partition coefficient (Wildman–Crippen LogP) is 3.54. The van der Waals surface area contributed by atoms with Gasteiger partial charge in [-0.25, -0.2) is 0 Å². The maximum absolute atomic E-state index is 4.66. The molecule has 2 nitrogen and oxygen atoms in total. The Kier molecular flexibility index (Phi) is 4.16. The molecule has 0 amide bonds. The number of pyridine rings is 1. The molecule has 1 aromatic rings. The molecule has 1 aliphatic carbocycles. The molecule has 0 aromatic carbocycles. The van der Waals surface area contributed by atoms with Crippen LogP contribution in [-0.4, -0.2) is 12.0 Å². The lowest BCUT2D eigenvalue weighted by atomic mass is 9.81. The Balaban J connectivity index is 2.21. The third kappa shape index (κ3) is 2.86. The molecule has 1 atom stereocenters. The second-order valence-corrected chi connectivity index (χ2v) is 5.38. The van der Waals surface area contributed by atoms with E-state index in [1.807, 2.05) is 6.20 Å². The maximum atomic E-state index is 4.66. The fourth-order valence-electron chi connectivity index (χ4n) is 3.11. The highest BCUT2D eigenvalue weighted by Crippen LogP contribution is 2.34. The van der Waals surface area contributed by atoms with Gasteiger partial charge in [-0.2, -0.15) is 0 Å². The van der Waals surface area contributed by atoms with E-state index in [1.54, 1.807) is 0 Å². The van der Waals surface area contributed by atoms with Crippen LogP contribution in [0.1, 0.15) is 55.0 Å². The van der Waals surface area contributed by atoms with Gasteiger partial charge in [0.2, 0.25) is 0 Å². The average Bonchev–Trinajstić information content (AvgIpc) is 2.34. The third-order valence-electron chi connectivity index (χ3n) is 3.98. The first-order valence-electron chi connectivity index (χ1n) is 6.83. The lowest BCUT2D eigenvalue weighted by Crippen LogP contribution is -2.28. The van der Waals surface area contributed by atoms with Gasteiger partial charge in [0.25, 0.3) is 0 Å². The highest BCUT2D eigenvalue weighted by molar-refractivity contribution is 5.26. The van der Waals surface area contributed by atoms with Gasteiger partial charge < -0.3 is 5.32 Å². The number of nitrogens with one attached hydrogen (secondary N) is 1. The number of aryl methyl sites for hydroxylation is 2. The van der Waals surface area contributed by atoms with Crippen LogP contribution in [0.2, 0.25) is 0 Å². The number of hydrogen-bond donors (Lipinski definition) is 1. The topological polar surface area (TPSA) is 24.9 Å². The van der Waals surface area contributed by atoms with Crippen LogP contribution >= 0.6 is 0 Å². The monoisotopic (exact) mass is 232 g/mol. The predicted molar refractivity (Wildman–Crippen MR) is 72.1 cm³/mol. The van der Waals surface area contributed by atoms with Gasteiger partial charge in [0, 0.05) is 6.20 Å². The van der Waals surface area contributed by atoms with Gasteiger partial charge in [-0.3, -0.25) is 4.98 Å². The largest absolute Gasteiger partial charge is 0.311 e. The molecule has 1 heterocycles. The van der Waals surface area contributed by atoms with E-state index in [-0.39, 0.29) is 0 Å². The van der Waals surface area contributed by atoms with Crippen molar-refractivity contribution >= 4 is 0 Å². The minimum absolute atomic E-state index is 0.441. The van der Waals surface area contributed by atoms with Crippen LogP contribution in [0.4, 0.5) is 0 Å². The Hall–Kier alpha value is -0.890. The highest BCUT2D eigenvalue weighted by Gasteiger charge is 2.25. The summed E-state index contributed by atoms with van der Waals surface area (Å²) in [6.45, 7) is 4.29. The molecule has 1 N–H and O–H groups in total. The summed E-state index contributed by atoms with van der Waals surface area (Å²) in [7, 11) is 2.07. The Morgan fingerprint density at radius 2 is 1.94 bits per heavy atom. The summed E-state index contributed by atoms with van der Waals surface area (Å²) in [6, 6.07) is 2.69. The summed E-state index contributed by atoms with van der Waals surface area (Å²) in [6.07, 6.45) is 8.87. The minimum atomic E-state index is 0.441. The lowest BCUT2D eigenvalue weighted by Gasteiger charge is -2.30. The number of hydrogen-bond acceptors (Lipinski definition) is 2. The molecule has 1 unspecified atom stereocenters. The molecule has 1 saturated carbocycles. The van der Waals surface area contributed by atoms with Crippen molar-refractivity contribution in [3.05, 3.63) is 29.1 Å². The second-order valence-electron chi connectivity index (χ2n) is 5.38. The number of nitrogens with zero attached hydrogens (tertiary/aromatic N) is 1. The van der Waals surface area contributed by atoms with Crippen LogP contribution in [0.25, 0.3) is 0 Å². The SMILES string of the molecule is CNC(c1ncc(C)cc1C)C1CCCCC1. The van der Waals surface area contributed by atoms with Gasteiger partial charge in [-0.05, 0) is 50.8 Å². The molecule has 1 aromatic heterocycles. The van der Waals surface area contributed by atoms with Crippen molar-refractivity contribution < 1.29 is 0 Å². The van der Waals surface area contributed by atoms with E-state index in [0.717, 1.165) is 5.92 Å². The van der Waals surface area contributed by atoms with Crippen LogP contribution in [0, 0.1) is 19.8 Å². The van der Waals surface area contributed by atoms with E-state index >= 15 is 0 Å². The smallest absolute Gasteiger partial charge is 0.0605 e. The van der Waals surface area contributed by atoms with Gasteiger partial charge in [0.1, 0.15) is 0 Å². The molecule has 0 saturated heterocycles. The maximum Gasteiger partial charge on any atom is 0.0605 e. The second kappa shape index (κ2) is 5.63. The zero-order valence-corrected chi connectivity index (χ0v) is 11.3. The van der Waals surface area contributed by atoms with E-state index in [0.29, 0.717) is 6.04 Å². The molecule has 1 aliphatic rings. The molecule has 0 spiro atoms. The molecule has 94 valence electrons. The molecule has 0 aliphatic heterocycles. The molecule has 0 bridgehead atoms. The van der Waals surface area contributed by atoms with E-state index in [9.17, 15) is 0 Å². The summed E-state index contributed by atoms with van der Waals surface area (Å²) in [4.78, 5) is 4.66. The molecule has 1 fully saturated rings. The van der Waals surface area contributed by atoms with Crippen molar-refractivity contribution in [2.75, 3.05) is 7.05 Å². The normalized spacial score (nSPS) is 19.2. The Labute approximate surface area is 105 Å². The van der Waals surface area contributed by atoms with Gasteiger partial charge in [0.15, 0.2) is 0 Å². The summed E-state index contributed by atoms with van der Waals surface area (Å²) in [5.41, 5.74) is 3.84.